The molecule has 1 heterocycles. The molecule has 7 nitrogen and oxygen atoms in total. The predicted octanol–water partition coefficient (Wildman–Crippen LogP) is 5.02. The van der Waals surface area contributed by atoms with Gasteiger partial charge in [0.1, 0.15) is 11.8 Å². The zero-order chi connectivity index (χ0) is 24.2. The summed E-state index contributed by atoms with van der Waals surface area (Å²) >= 11 is 5.91. The number of carbonyl (C=O) groups is 3. The first-order valence-electron chi connectivity index (χ1n) is 10.8. The molecule has 1 fully saturated rings. The summed E-state index contributed by atoms with van der Waals surface area (Å²) in [5, 5.41) is 3.32. The highest BCUT2D eigenvalue weighted by molar-refractivity contribution is 6.30. The molecule has 1 aliphatic rings. The number of methoxy groups -OCH3 is 1. The molecule has 4 rings (SSSR count). The molecule has 34 heavy (non-hydrogen) atoms. The lowest BCUT2D eigenvalue weighted by Gasteiger charge is -2.22. The Morgan fingerprint density at radius 1 is 1.03 bits per heavy atom. The lowest BCUT2D eigenvalue weighted by atomic mass is 10.1. The van der Waals surface area contributed by atoms with Crippen LogP contribution in [0.5, 0.6) is 5.75 Å². The minimum Gasteiger partial charge on any atom is -0.497 e. The Morgan fingerprint density at radius 2 is 1.76 bits per heavy atom. The third-order valence-electron chi connectivity index (χ3n) is 5.57. The molecule has 8 heteroatoms. The fourth-order valence-corrected chi connectivity index (χ4v) is 4.03. The molecule has 0 radical (unpaired) electrons. The first kappa shape index (κ1) is 23.3. The standard InChI is InChI=1S/C26H24ClN3O4/c1-17-5-3-7-21(13-17)30-25(32)23(15-24(31)28-20-11-9-19(27)10-12-20)29(26(30)33)16-18-6-4-8-22(14-18)34-2/h3-14,23H,15-16H2,1-2H3,(H,28,31)/t23-/m0/s1. The Bertz CT molecular complexity index is 1230. The molecule has 0 aromatic heterocycles. The summed E-state index contributed by atoms with van der Waals surface area (Å²) in [6.45, 7) is 2.04. The van der Waals surface area contributed by atoms with Gasteiger partial charge in [-0.1, -0.05) is 35.9 Å². The fourth-order valence-electron chi connectivity index (χ4n) is 3.91. The molecular weight excluding hydrogens is 454 g/mol. The van der Waals surface area contributed by atoms with Gasteiger partial charge in [0.15, 0.2) is 0 Å². The van der Waals surface area contributed by atoms with E-state index in [9.17, 15) is 14.4 Å². The molecule has 1 atom stereocenters. The van der Waals surface area contributed by atoms with Gasteiger partial charge in [0, 0.05) is 17.3 Å². The minimum absolute atomic E-state index is 0.156. The number of amides is 4. The highest BCUT2D eigenvalue weighted by atomic mass is 35.5. The van der Waals surface area contributed by atoms with Crippen molar-refractivity contribution in [3.63, 3.8) is 0 Å². The van der Waals surface area contributed by atoms with Gasteiger partial charge in [-0.3, -0.25) is 9.59 Å². The van der Waals surface area contributed by atoms with Gasteiger partial charge in [-0.15, -0.1) is 0 Å². The number of anilines is 2. The van der Waals surface area contributed by atoms with Crippen molar-refractivity contribution in [2.75, 3.05) is 17.3 Å². The largest absolute Gasteiger partial charge is 0.497 e. The van der Waals surface area contributed by atoms with Crippen molar-refractivity contribution in [1.29, 1.82) is 0 Å². The number of nitrogens with zero attached hydrogens (tertiary/aromatic N) is 2. The van der Waals surface area contributed by atoms with Gasteiger partial charge < -0.3 is 15.0 Å². The molecule has 3 aromatic carbocycles. The summed E-state index contributed by atoms with van der Waals surface area (Å²) < 4.78 is 5.28. The van der Waals surface area contributed by atoms with Gasteiger partial charge in [-0.25, -0.2) is 9.69 Å². The van der Waals surface area contributed by atoms with E-state index in [4.69, 9.17) is 16.3 Å². The minimum atomic E-state index is -0.952. The third-order valence-corrected chi connectivity index (χ3v) is 5.82. The highest BCUT2D eigenvalue weighted by Crippen LogP contribution is 2.29. The smallest absolute Gasteiger partial charge is 0.332 e. The normalized spacial score (nSPS) is 15.6. The van der Waals surface area contributed by atoms with Crippen LogP contribution in [0.4, 0.5) is 16.2 Å². The molecule has 0 bridgehead atoms. The SMILES string of the molecule is COc1cccc(CN2C(=O)N(c3cccc(C)c3)C(=O)[C@@H]2CC(=O)Nc2ccc(Cl)cc2)c1. The van der Waals surface area contributed by atoms with E-state index in [1.54, 1.807) is 61.7 Å². The van der Waals surface area contributed by atoms with Crippen LogP contribution in [-0.4, -0.2) is 35.9 Å². The first-order valence-corrected chi connectivity index (χ1v) is 11.1. The van der Waals surface area contributed by atoms with Crippen molar-refractivity contribution < 1.29 is 19.1 Å². The average Bonchev–Trinajstić information content (AvgIpc) is 3.04. The van der Waals surface area contributed by atoms with Crippen LogP contribution in [0.3, 0.4) is 0 Å². The summed E-state index contributed by atoms with van der Waals surface area (Å²) in [4.78, 5) is 42.3. The van der Waals surface area contributed by atoms with Gasteiger partial charge in [0.25, 0.3) is 5.91 Å². The molecule has 0 unspecified atom stereocenters. The Labute approximate surface area is 202 Å². The number of benzene rings is 3. The summed E-state index contributed by atoms with van der Waals surface area (Å²) in [6, 6.07) is 19.7. The van der Waals surface area contributed by atoms with Crippen molar-refractivity contribution in [3.05, 3.63) is 88.9 Å². The molecule has 0 spiro atoms. The molecule has 1 aliphatic heterocycles. The van der Waals surface area contributed by atoms with E-state index in [2.05, 4.69) is 5.32 Å². The van der Waals surface area contributed by atoms with E-state index >= 15 is 0 Å². The topological polar surface area (TPSA) is 79.0 Å². The fraction of sp³-hybridized carbons (Fsp3) is 0.192. The number of hydrogen-bond acceptors (Lipinski definition) is 4. The van der Waals surface area contributed by atoms with Crippen LogP contribution in [0.25, 0.3) is 0 Å². The number of hydrogen-bond donors (Lipinski definition) is 1. The Balaban J connectivity index is 1.61. The molecule has 1 saturated heterocycles. The van der Waals surface area contributed by atoms with E-state index in [-0.39, 0.29) is 18.9 Å². The van der Waals surface area contributed by atoms with E-state index in [1.165, 1.54) is 4.90 Å². The molecular formula is C26H24ClN3O4. The number of urea groups is 1. The van der Waals surface area contributed by atoms with E-state index in [1.807, 2.05) is 25.1 Å². The molecule has 0 saturated carbocycles. The second-order valence-corrected chi connectivity index (χ2v) is 8.49. The van der Waals surface area contributed by atoms with Crippen LogP contribution in [0.15, 0.2) is 72.8 Å². The van der Waals surface area contributed by atoms with Gasteiger partial charge in [0.2, 0.25) is 5.91 Å². The van der Waals surface area contributed by atoms with E-state index in [0.717, 1.165) is 16.0 Å². The molecule has 3 aromatic rings. The van der Waals surface area contributed by atoms with Crippen LogP contribution in [-0.2, 0) is 16.1 Å². The number of imide groups is 1. The van der Waals surface area contributed by atoms with Crippen LogP contribution < -0.4 is 15.0 Å². The molecule has 1 N–H and O–H groups in total. The molecule has 4 amide bonds. The zero-order valence-electron chi connectivity index (χ0n) is 18.8. The van der Waals surface area contributed by atoms with Gasteiger partial charge >= 0.3 is 6.03 Å². The number of halogens is 1. The van der Waals surface area contributed by atoms with Crippen LogP contribution in [0, 0.1) is 6.92 Å². The van der Waals surface area contributed by atoms with Crippen LogP contribution in [0.1, 0.15) is 17.5 Å². The Hall–Kier alpha value is -3.84. The molecule has 0 aliphatic carbocycles. The lowest BCUT2D eigenvalue weighted by Crippen LogP contribution is -2.37. The summed E-state index contributed by atoms with van der Waals surface area (Å²) in [5.41, 5.74) is 2.74. The van der Waals surface area contributed by atoms with E-state index < -0.39 is 18.0 Å². The van der Waals surface area contributed by atoms with Gasteiger partial charge in [-0.05, 0) is 66.6 Å². The maximum absolute atomic E-state index is 13.4. The second kappa shape index (κ2) is 9.97. The average molecular weight is 478 g/mol. The van der Waals surface area contributed by atoms with Gasteiger partial charge in [-0.2, -0.15) is 0 Å². The number of rotatable bonds is 7. The van der Waals surface area contributed by atoms with Crippen LogP contribution >= 0.6 is 11.6 Å². The van der Waals surface area contributed by atoms with E-state index in [0.29, 0.717) is 22.1 Å². The maximum atomic E-state index is 13.4. The van der Waals surface area contributed by atoms with Crippen molar-refractivity contribution in [2.45, 2.75) is 25.9 Å². The van der Waals surface area contributed by atoms with Crippen molar-refractivity contribution >= 4 is 40.8 Å². The lowest BCUT2D eigenvalue weighted by molar-refractivity contribution is -0.124. The Morgan fingerprint density at radius 3 is 2.47 bits per heavy atom. The third kappa shape index (κ3) is 5.05. The van der Waals surface area contributed by atoms with Gasteiger partial charge in [0.05, 0.1) is 19.2 Å². The summed E-state index contributed by atoms with van der Waals surface area (Å²) in [5.74, 6) is -0.178. The quantitative estimate of drug-likeness (QED) is 0.484. The summed E-state index contributed by atoms with van der Waals surface area (Å²) in [6.07, 6.45) is -0.181. The predicted molar refractivity (Wildman–Crippen MR) is 131 cm³/mol. The highest BCUT2D eigenvalue weighted by Gasteiger charge is 2.46. The Kier molecular flexibility index (Phi) is 6.84. The number of nitrogens with one attached hydrogen (secondary N) is 1. The maximum Gasteiger partial charge on any atom is 0.332 e. The van der Waals surface area contributed by atoms with Crippen molar-refractivity contribution in [1.82, 2.24) is 4.90 Å². The number of ether oxygens (including phenoxy) is 1. The monoisotopic (exact) mass is 477 g/mol. The zero-order valence-corrected chi connectivity index (χ0v) is 19.6. The van der Waals surface area contributed by atoms with Crippen molar-refractivity contribution in [3.8, 4) is 5.75 Å². The summed E-state index contributed by atoms with van der Waals surface area (Å²) in [7, 11) is 1.56. The molecule has 174 valence electrons. The number of carbonyl (C=O) groups excluding carboxylic acids is 3. The second-order valence-electron chi connectivity index (χ2n) is 8.05. The first-order chi connectivity index (χ1) is 16.4. The number of aryl methyl sites for hydroxylation is 1. The van der Waals surface area contributed by atoms with Crippen molar-refractivity contribution in [2.24, 2.45) is 0 Å². The van der Waals surface area contributed by atoms with Crippen LogP contribution in [0.2, 0.25) is 5.02 Å².